The summed E-state index contributed by atoms with van der Waals surface area (Å²) in [6.07, 6.45) is 0.763. The second kappa shape index (κ2) is 7.64. The van der Waals surface area contributed by atoms with E-state index in [1.54, 1.807) is 9.80 Å². The molecule has 1 saturated heterocycles. The van der Waals surface area contributed by atoms with Gasteiger partial charge in [-0.2, -0.15) is 0 Å². The molecule has 3 amide bonds. The van der Waals surface area contributed by atoms with Gasteiger partial charge < -0.3 is 15.1 Å². The van der Waals surface area contributed by atoms with Gasteiger partial charge in [0.05, 0.1) is 0 Å². The van der Waals surface area contributed by atoms with Gasteiger partial charge >= 0.3 is 6.03 Å². The first kappa shape index (κ1) is 16.1. The number of benzene rings is 2. The van der Waals surface area contributed by atoms with Crippen LogP contribution in [0.15, 0.2) is 60.7 Å². The first-order valence-electron chi connectivity index (χ1n) is 8.16. The van der Waals surface area contributed by atoms with Gasteiger partial charge in [0.1, 0.15) is 6.54 Å². The number of nitrogens with one attached hydrogen (secondary N) is 1. The zero-order valence-corrected chi connectivity index (χ0v) is 13.5. The lowest BCUT2D eigenvalue weighted by Crippen LogP contribution is -2.44. The smallest absolute Gasteiger partial charge is 0.318 e. The Balaban J connectivity index is 1.59. The molecular formula is C19H21N3O2. The molecule has 0 bridgehead atoms. The fraction of sp³-hybridized carbons (Fsp3) is 0.263. The van der Waals surface area contributed by atoms with Crippen LogP contribution in [0.25, 0.3) is 0 Å². The molecule has 24 heavy (non-hydrogen) atoms. The van der Waals surface area contributed by atoms with Gasteiger partial charge in [-0.3, -0.25) is 4.79 Å². The maximum absolute atomic E-state index is 12.5. The van der Waals surface area contributed by atoms with Crippen molar-refractivity contribution < 1.29 is 9.59 Å². The van der Waals surface area contributed by atoms with Crippen molar-refractivity contribution in [3.63, 3.8) is 0 Å². The van der Waals surface area contributed by atoms with E-state index in [0.717, 1.165) is 17.7 Å². The molecule has 0 atom stereocenters. The van der Waals surface area contributed by atoms with E-state index >= 15 is 0 Å². The Bertz CT molecular complexity index is 688. The highest BCUT2D eigenvalue weighted by Gasteiger charge is 2.25. The predicted molar refractivity (Wildman–Crippen MR) is 93.7 cm³/mol. The highest BCUT2D eigenvalue weighted by molar-refractivity contribution is 5.96. The molecule has 124 valence electrons. The molecule has 3 rings (SSSR count). The summed E-state index contributed by atoms with van der Waals surface area (Å²) in [7, 11) is 0. The van der Waals surface area contributed by atoms with Gasteiger partial charge in [-0.1, -0.05) is 48.5 Å². The van der Waals surface area contributed by atoms with Gasteiger partial charge in [-0.15, -0.1) is 0 Å². The number of nitrogens with zero attached hydrogens (tertiary/aromatic N) is 2. The van der Waals surface area contributed by atoms with E-state index in [9.17, 15) is 9.59 Å². The van der Waals surface area contributed by atoms with E-state index in [1.165, 1.54) is 0 Å². The average molecular weight is 323 g/mol. The van der Waals surface area contributed by atoms with Crippen molar-refractivity contribution >= 4 is 17.6 Å². The second-order valence-corrected chi connectivity index (χ2v) is 5.80. The van der Waals surface area contributed by atoms with Crippen LogP contribution in [0.4, 0.5) is 10.5 Å². The maximum Gasteiger partial charge on any atom is 0.318 e. The Morgan fingerprint density at radius 1 is 0.958 bits per heavy atom. The van der Waals surface area contributed by atoms with Crippen molar-refractivity contribution in [2.75, 3.05) is 24.5 Å². The average Bonchev–Trinajstić information content (AvgIpc) is 2.83. The Hall–Kier alpha value is -2.82. The second-order valence-electron chi connectivity index (χ2n) is 5.80. The van der Waals surface area contributed by atoms with Crippen LogP contribution in [0.5, 0.6) is 0 Å². The molecule has 1 heterocycles. The summed E-state index contributed by atoms with van der Waals surface area (Å²) >= 11 is 0. The van der Waals surface area contributed by atoms with Crippen LogP contribution in [0, 0.1) is 0 Å². The molecule has 2 aromatic carbocycles. The minimum absolute atomic E-state index is 0.0476. The third-order valence-electron chi connectivity index (χ3n) is 4.08. The van der Waals surface area contributed by atoms with Gasteiger partial charge in [-0.25, -0.2) is 4.79 Å². The molecule has 1 aliphatic heterocycles. The van der Waals surface area contributed by atoms with E-state index in [-0.39, 0.29) is 18.5 Å². The summed E-state index contributed by atoms with van der Waals surface area (Å²) in [4.78, 5) is 28.2. The Morgan fingerprint density at radius 2 is 1.62 bits per heavy atom. The quantitative estimate of drug-likeness (QED) is 0.944. The fourth-order valence-corrected chi connectivity index (χ4v) is 2.81. The summed E-state index contributed by atoms with van der Waals surface area (Å²) in [6.45, 7) is 1.78. The number of hydrogen-bond acceptors (Lipinski definition) is 2. The molecule has 1 fully saturated rings. The first-order chi connectivity index (χ1) is 11.7. The fourth-order valence-electron chi connectivity index (χ4n) is 2.81. The monoisotopic (exact) mass is 323 g/mol. The van der Waals surface area contributed by atoms with E-state index in [0.29, 0.717) is 19.6 Å². The normalized spacial score (nSPS) is 15.1. The van der Waals surface area contributed by atoms with Crippen molar-refractivity contribution in [1.82, 2.24) is 10.2 Å². The number of hydrogen-bond donors (Lipinski definition) is 1. The number of anilines is 1. The molecule has 0 aromatic heterocycles. The highest BCUT2D eigenvalue weighted by atomic mass is 16.2. The Kier molecular flexibility index (Phi) is 5.11. The zero-order valence-electron chi connectivity index (χ0n) is 13.5. The third-order valence-corrected chi connectivity index (χ3v) is 4.08. The molecule has 1 aliphatic rings. The van der Waals surface area contributed by atoms with Crippen LogP contribution in [-0.4, -0.2) is 36.5 Å². The van der Waals surface area contributed by atoms with Crippen molar-refractivity contribution in [2.45, 2.75) is 13.0 Å². The van der Waals surface area contributed by atoms with Gasteiger partial charge in [0.15, 0.2) is 0 Å². The number of carbonyl (C=O) groups excluding carboxylic acids is 2. The number of carbonyl (C=O) groups is 2. The molecule has 5 nitrogen and oxygen atoms in total. The number of urea groups is 1. The highest BCUT2D eigenvalue weighted by Crippen LogP contribution is 2.16. The maximum atomic E-state index is 12.5. The molecule has 5 heteroatoms. The van der Waals surface area contributed by atoms with Crippen molar-refractivity contribution in [2.24, 2.45) is 0 Å². The largest absolute Gasteiger partial charge is 0.334 e. The zero-order chi connectivity index (χ0) is 16.8. The van der Waals surface area contributed by atoms with Gasteiger partial charge in [-0.05, 0) is 24.1 Å². The molecular weight excluding hydrogens is 302 g/mol. The predicted octanol–water partition coefficient (Wildman–Crippen LogP) is 2.64. The summed E-state index contributed by atoms with van der Waals surface area (Å²) in [5.41, 5.74) is 1.92. The van der Waals surface area contributed by atoms with Crippen LogP contribution >= 0.6 is 0 Å². The lowest BCUT2D eigenvalue weighted by Gasteiger charge is -2.22. The molecule has 2 aromatic rings. The minimum Gasteiger partial charge on any atom is -0.334 e. The number of rotatable bonds is 3. The van der Waals surface area contributed by atoms with Crippen molar-refractivity contribution in [1.29, 1.82) is 0 Å². The van der Waals surface area contributed by atoms with Gasteiger partial charge in [0, 0.05) is 25.3 Å². The Labute approximate surface area is 141 Å². The molecule has 0 spiro atoms. The molecule has 0 radical (unpaired) electrons. The lowest BCUT2D eigenvalue weighted by atomic mass is 10.2. The minimum atomic E-state index is -0.192. The van der Waals surface area contributed by atoms with Gasteiger partial charge in [0.2, 0.25) is 5.91 Å². The lowest BCUT2D eigenvalue weighted by molar-refractivity contribution is -0.118. The molecule has 0 aliphatic carbocycles. The third kappa shape index (κ3) is 3.93. The summed E-state index contributed by atoms with van der Waals surface area (Å²) in [6, 6.07) is 19.1. The van der Waals surface area contributed by atoms with Crippen molar-refractivity contribution in [3.05, 3.63) is 66.2 Å². The van der Waals surface area contributed by atoms with Crippen LogP contribution in [0.3, 0.4) is 0 Å². The van der Waals surface area contributed by atoms with Gasteiger partial charge in [0.25, 0.3) is 0 Å². The standard InChI is InChI=1S/C19H21N3O2/c23-18-15-21(19(24)20-14-16-8-3-1-4-9-16)12-7-13-22(18)17-10-5-2-6-11-17/h1-6,8-11H,7,12-15H2,(H,20,24). The first-order valence-corrected chi connectivity index (χ1v) is 8.16. The summed E-state index contributed by atoms with van der Waals surface area (Å²) in [5, 5.41) is 2.89. The van der Waals surface area contributed by atoms with Crippen LogP contribution in [-0.2, 0) is 11.3 Å². The van der Waals surface area contributed by atoms with Crippen LogP contribution in [0.1, 0.15) is 12.0 Å². The molecule has 0 unspecified atom stereocenters. The van der Waals surface area contributed by atoms with E-state index in [2.05, 4.69) is 5.32 Å². The van der Waals surface area contributed by atoms with Crippen molar-refractivity contribution in [3.8, 4) is 0 Å². The topological polar surface area (TPSA) is 52.7 Å². The van der Waals surface area contributed by atoms with E-state index in [1.807, 2.05) is 60.7 Å². The van der Waals surface area contributed by atoms with Crippen LogP contribution < -0.4 is 10.2 Å². The number of para-hydroxylation sites is 1. The van der Waals surface area contributed by atoms with E-state index < -0.39 is 0 Å². The molecule has 1 N–H and O–H groups in total. The SMILES string of the molecule is O=C(NCc1ccccc1)N1CCCN(c2ccccc2)C(=O)C1. The van der Waals surface area contributed by atoms with E-state index in [4.69, 9.17) is 0 Å². The molecule has 0 saturated carbocycles. The summed E-state index contributed by atoms with van der Waals surface area (Å²) in [5.74, 6) is -0.0476. The number of amides is 3. The summed E-state index contributed by atoms with van der Waals surface area (Å²) < 4.78 is 0. The Morgan fingerprint density at radius 3 is 2.33 bits per heavy atom. The van der Waals surface area contributed by atoms with Crippen LogP contribution in [0.2, 0.25) is 0 Å².